The van der Waals surface area contributed by atoms with Crippen LogP contribution < -0.4 is 0 Å². The summed E-state index contributed by atoms with van der Waals surface area (Å²) in [7, 11) is -1.57. The van der Waals surface area contributed by atoms with Gasteiger partial charge in [0.15, 0.2) is 8.32 Å². The molecule has 0 aromatic rings. The first-order valence-corrected chi connectivity index (χ1v) is 9.52. The first kappa shape index (κ1) is 15.9. The Morgan fingerprint density at radius 2 is 1.88 bits per heavy atom. The molecule has 16 heavy (non-hydrogen) atoms. The highest BCUT2D eigenvalue weighted by Crippen LogP contribution is 2.26. The highest BCUT2D eigenvalue weighted by molar-refractivity contribution is 6.69. The molecule has 2 atom stereocenters. The lowest BCUT2D eigenvalue weighted by Crippen LogP contribution is -2.39. The van der Waals surface area contributed by atoms with Crippen LogP contribution in [0, 0.1) is 5.92 Å². The highest BCUT2D eigenvalue weighted by atomic mass is 28.4. The van der Waals surface area contributed by atoms with Gasteiger partial charge in [-0.2, -0.15) is 0 Å². The van der Waals surface area contributed by atoms with Crippen molar-refractivity contribution in [3.63, 3.8) is 0 Å². The van der Waals surface area contributed by atoms with Crippen molar-refractivity contribution in [2.75, 3.05) is 0 Å². The van der Waals surface area contributed by atoms with Gasteiger partial charge in [-0.15, -0.1) is 6.58 Å². The minimum Gasteiger partial charge on any atom is -0.409 e. The van der Waals surface area contributed by atoms with E-state index in [1.54, 1.807) is 0 Å². The van der Waals surface area contributed by atoms with Gasteiger partial charge in [-0.3, -0.25) is 0 Å². The molecule has 3 heteroatoms. The van der Waals surface area contributed by atoms with E-state index in [0.717, 1.165) is 12.8 Å². The Morgan fingerprint density at radius 3 is 2.19 bits per heavy atom. The molecule has 2 unspecified atom stereocenters. The van der Waals surface area contributed by atoms with E-state index in [0.29, 0.717) is 5.92 Å². The van der Waals surface area contributed by atoms with Gasteiger partial charge in [-0.05, 0) is 45.3 Å². The van der Waals surface area contributed by atoms with Crippen molar-refractivity contribution in [2.45, 2.75) is 65.0 Å². The SMILES string of the molecule is C=CC(C)(CCC(O)C(C)C)O[Si](C)(C)C. The second-order valence-electron chi connectivity index (χ2n) is 6.08. The quantitative estimate of drug-likeness (QED) is 0.548. The molecule has 0 heterocycles. The van der Waals surface area contributed by atoms with E-state index in [9.17, 15) is 5.11 Å². The van der Waals surface area contributed by atoms with E-state index in [2.05, 4.69) is 33.1 Å². The zero-order valence-electron chi connectivity index (χ0n) is 11.7. The molecule has 0 saturated carbocycles. The molecule has 96 valence electrons. The zero-order valence-corrected chi connectivity index (χ0v) is 12.7. The summed E-state index contributed by atoms with van der Waals surface area (Å²) in [5.74, 6) is 0.306. The van der Waals surface area contributed by atoms with Crippen molar-refractivity contribution in [3.8, 4) is 0 Å². The Balaban J connectivity index is 4.33. The second kappa shape index (κ2) is 5.99. The summed E-state index contributed by atoms with van der Waals surface area (Å²) >= 11 is 0. The Labute approximate surface area is 102 Å². The number of aliphatic hydroxyl groups is 1. The van der Waals surface area contributed by atoms with Crippen LogP contribution in [0.2, 0.25) is 19.6 Å². The minimum atomic E-state index is -1.57. The van der Waals surface area contributed by atoms with Crippen LogP contribution in [0.5, 0.6) is 0 Å². The van der Waals surface area contributed by atoms with Gasteiger partial charge in [0.2, 0.25) is 0 Å². The molecule has 0 aromatic carbocycles. The Bertz CT molecular complexity index is 220. The van der Waals surface area contributed by atoms with Gasteiger partial charge in [0.05, 0.1) is 11.7 Å². The third-order valence-corrected chi connectivity index (χ3v) is 3.76. The van der Waals surface area contributed by atoms with E-state index >= 15 is 0 Å². The monoisotopic (exact) mass is 244 g/mol. The van der Waals surface area contributed by atoms with Gasteiger partial charge < -0.3 is 9.53 Å². The van der Waals surface area contributed by atoms with Crippen LogP contribution in [-0.2, 0) is 4.43 Å². The summed E-state index contributed by atoms with van der Waals surface area (Å²) in [4.78, 5) is 0. The molecule has 0 bridgehead atoms. The molecule has 0 aliphatic heterocycles. The lowest BCUT2D eigenvalue weighted by atomic mass is 9.94. The van der Waals surface area contributed by atoms with Crippen LogP contribution in [0.1, 0.15) is 33.6 Å². The molecular weight excluding hydrogens is 216 g/mol. The molecule has 0 rings (SSSR count). The number of hydrogen-bond acceptors (Lipinski definition) is 2. The van der Waals surface area contributed by atoms with Gasteiger partial charge in [0.1, 0.15) is 0 Å². The van der Waals surface area contributed by atoms with Crippen molar-refractivity contribution >= 4 is 8.32 Å². The average molecular weight is 244 g/mol. The van der Waals surface area contributed by atoms with E-state index < -0.39 is 8.32 Å². The summed E-state index contributed by atoms with van der Waals surface area (Å²) in [6.07, 6.45) is 3.23. The lowest BCUT2D eigenvalue weighted by Gasteiger charge is -2.34. The first-order chi connectivity index (χ1) is 7.09. The van der Waals surface area contributed by atoms with Crippen molar-refractivity contribution in [3.05, 3.63) is 12.7 Å². The fourth-order valence-electron chi connectivity index (χ4n) is 1.66. The second-order valence-corrected chi connectivity index (χ2v) is 10.5. The third-order valence-electron chi connectivity index (χ3n) is 2.68. The van der Waals surface area contributed by atoms with Crippen LogP contribution in [0.25, 0.3) is 0 Å². The van der Waals surface area contributed by atoms with Gasteiger partial charge in [0.25, 0.3) is 0 Å². The maximum atomic E-state index is 9.81. The molecule has 0 fully saturated rings. The highest BCUT2D eigenvalue weighted by Gasteiger charge is 2.29. The average Bonchev–Trinajstić information content (AvgIpc) is 2.11. The molecule has 2 nitrogen and oxygen atoms in total. The third kappa shape index (κ3) is 6.46. The van der Waals surface area contributed by atoms with Gasteiger partial charge in [-0.1, -0.05) is 19.9 Å². The molecular formula is C13H28O2Si. The summed E-state index contributed by atoms with van der Waals surface area (Å²) in [5, 5.41) is 9.81. The standard InChI is InChI=1S/C13H28O2Si/c1-8-13(4,15-16(5,6)7)10-9-12(14)11(2)3/h8,11-12,14H,1,9-10H2,2-7H3. The summed E-state index contributed by atoms with van der Waals surface area (Å²) < 4.78 is 6.11. The Hall–Kier alpha value is -0.123. The normalized spacial score (nSPS) is 18.2. The van der Waals surface area contributed by atoms with E-state index in [-0.39, 0.29) is 11.7 Å². The van der Waals surface area contributed by atoms with E-state index in [1.807, 2.05) is 19.9 Å². The Kier molecular flexibility index (Phi) is 5.94. The Morgan fingerprint density at radius 1 is 1.38 bits per heavy atom. The van der Waals surface area contributed by atoms with Crippen molar-refractivity contribution in [1.82, 2.24) is 0 Å². The van der Waals surface area contributed by atoms with Crippen LogP contribution in [0.4, 0.5) is 0 Å². The molecule has 1 N–H and O–H groups in total. The van der Waals surface area contributed by atoms with Crippen LogP contribution in [0.3, 0.4) is 0 Å². The summed E-state index contributed by atoms with van der Waals surface area (Å²) in [6, 6.07) is 0. The first-order valence-electron chi connectivity index (χ1n) is 6.11. The molecule has 0 amide bonds. The van der Waals surface area contributed by atoms with Crippen LogP contribution in [-0.4, -0.2) is 25.1 Å². The topological polar surface area (TPSA) is 29.5 Å². The molecule has 0 radical (unpaired) electrons. The van der Waals surface area contributed by atoms with Gasteiger partial charge in [-0.25, -0.2) is 0 Å². The lowest BCUT2D eigenvalue weighted by molar-refractivity contribution is 0.0679. The number of aliphatic hydroxyl groups excluding tert-OH is 1. The molecule has 0 aliphatic carbocycles. The van der Waals surface area contributed by atoms with Crippen LogP contribution in [0.15, 0.2) is 12.7 Å². The fourth-order valence-corrected chi connectivity index (χ4v) is 3.25. The maximum absolute atomic E-state index is 9.81. The van der Waals surface area contributed by atoms with Crippen molar-refractivity contribution < 1.29 is 9.53 Å². The van der Waals surface area contributed by atoms with E-state index in [1.165, 1.54) is 0 Å². The smallest absolute Gasteiger partial charge is 0.184 e. The largest absolute Gasteiger partial charge is 0.409 e. The van der Waals surface area contributed by atoms with Gasteiger partial charge in [0, 0.05) is 0 Å². The molecule has 0 aliphatic rings. The van der Waals surface area contributed by atoms with Gasteiger partial charge >= 0.3 is 0 Å². The maximum Gasteiger partial charge on any atom is 0.184 e. The van der Waals surface area contributed by atoms with Crippen molar-refractivity contribution in [2.24, 2.45) is 5.92 Å². The summed E-state index contributed by atoms with van der Waals surface area (Å²) in [5.41, 5.74) is -0.291. The minimum absolute atomic E-state index is 0.246. The van der Waals surface area contributed by atoms with Crippen LogP contribution >= 0.6 is 0 Å². The predicted octanol–water partition coefficient (Wildman–Crippen LogP) is 3.58. The zero-order chi connectivity index (χ0) is 13.0. The molecule has 0 spiro atoms. The number of rotatable bonds is 7. The van der Waals surface area contributed by atoms with Crippen molar-refractivity contribution in [1.29, 1.82) is 0 Å². The molecule has 0 aromatic heterocycles. The fraction of sp³-hybridized carbons (Fsp3) is 0.846. The summed E-state index contributed by atoms with van der Waals surface area (Å²) in [6.45, 7) is 16.5. The molecule has 0 saturated heterocycles. The number of hydrogen-bond donors (Lipinski definition) is 1. The predicted molar refractivity (Wildman–Crippen MR) is 73.1 cm³/mol. The van der Waals surface area contributed by atoms with E-state index in [4.69, 9.17) is 4.43 Å².